The molecule has 8 heteroatoms. The Morgan fingerprint density at radius 2 is 1.79 bits per heavy atom. The Morgan fingerprint density at radius 1 is 1.00 bits per heavy atom. The molecule has 4 rings (SSSR count). The van der Waals surface area contributed by atoms with Gasteiger partial charge in [-0.15, -0.1) is 0 Å². The van der Waals surface area contributed by atoms with E-state index < -0.39 is 16.0 Å². The number of pyridine rings is 2. The van der Waals surface area contributed by atoms with Gasteiger partial charge in [0.25, 0.3) is 0 Å². The number of carbonyl (C=O) groups is 1. The van der Waals surface area contributed by atoms with Crippen molar-refractivity contribution >= 4 is 26.9 Å². The molecular formula is C20H19N3O4S. The number of sulfonamides is 1. The summed E-state index contributed by atoms with van der Waals surface area (Å²) in [6, 6.07) is 11.2. The lowest BCUT2D eigenvalue weighted by atomic mass is 10.1. The van der Waals surface area contributed by atoms with Crippen molar-refractivity contribution in [2.75, 3.05) is 13.1 Å². The largest absolute Gasteiger partial charge is 0.478 e. The van der Waals surface area contributed by atoms with Crippen molar-refractivity contribution in [3.05, 3.63) is 54.2 Å². The Hall–Kier alpha value is -2.84. The summed E-state index contributed by atoms with van der Waals surface area (Å²) in [6.45, 7) is 0.978. The molecule has 1 saturated heterocycles. The second kappa shape index (κ2) is 7.29. The van der Waals surface area contributed by atoms with Crippen LogP contribution in [0.2, 0.25) is 0 Å². The van der Waals surface area contributed by atoms with Crippen molar-refractivity contribution in [3.63, 3.8) is 0 Å². The summed E-state index contributed by atoms with van der Waals surface area (Å²) in [5.41, 5.74) is 1.40. The molecule has 0 atom stereocenters. The number of carboxylic acids is 1. The van der Waals surface area contributed by atoms with E-state index in [0.29, 0.717) is 35.4 Å². The van der Waals surface area contributed by atoms with E-state index in [1.54, 1.807) is 30.5 Å². The van der Waals surface area contributed by atoms with Crippen molar-refractivity contribution in [2.45, 2.75) is 24.2 Å². The summed E-state index contributed by atoms with van der Waals surface area (Å²) >= 11 is 0. The maximum atomic E-state index is 12.9. The highest BCUT2D eigenvalue weighted by atomic mass is 32.2. The Morgan fingerprint density at radius 3 is 2.46 bits per heavy atom. The molecule has 0 bridgehead atoms. The van der Waals surface area contributed by atoms with Crippen LogP contribution in [0.15, 0.2) is 53.6 Å². The molecule has 1 fully saturated rings. The number of benzene rings is 1. The van der Waals surface area contributed by atoms with E-state index in [4.69, 9.17) is 0 Å². The predicted octanol–water partition coefficient (Wildman–Crippen LogP) is 3.17. The van der Waals surface area contributed by atoms with E-state index in [1.165, 1.54) is 22.5 Å². The number of carboxylic acid groups (broad SMARTS) is 1. The molecule has 0 amide bonds. The van der Waals surface area contributed by atoms with Crippen LogP contribution in [-0.2, 0) is 10.0 Å². The van der Waals surface area contributed by atoms with Gasteiger partial charge in [0.05, 0.1) is 27.4 Å². The van der Waals surface area contributed by atoms with Gasteiger partial charge in [-0.2, -0.15) is 4.31 Å². The van der Waals surface area contributed by atoms with Gasteiger partial charge < -0.3 is 5.11 Å². The number of rotatable bonds is 4. The number of hydrogen-bond acceptors (Lipinski definition) is 5. The monoisotopic (exact) mass is 397 g/mol. The maximum absolute atomic E-state index is 12.9. The molecule has 28 heavy (non-hydrogen) atoms. The van der Waals surface area contributed by atoms with Crippen LogP contribution in [0.1, 0.15) is 29.6 Å². The first-order valence-electron chi connectivity index (χ1n) is 9.06. The summed E-state index contributed by atoms with van der Waals surface area (Å²) < 4.78 is 27.4. The second-order valence-electron chi connectivity index (χ2n) is 6.72. The van der Waals surface area contributed by atoms with Crippen LogP contribution in [0.5, 0.6) is 0 Å². The average molecular weight is 397 g/mol. The van der Waals surface area contributed by atoms with Crippen molar-refractivity contribution in [3.8, 4) is 11.4 Å². The van der Waals surface area contributed by atoms with Gasteiger partial charge in [0.1, 0.15) is 0 Å². The minimum atomic E-state index is -3.66. The number of hydrogen-bond donors (Lipinski definition) is 1. The zero-order valence-electron chi connectivity index (χ0n) is 15.1. The third-order valence-corrected chi connectivity index (χ3v) is 6.79. The minimum Gasteiger partial charge on any atom is -0.478 e. The van der Waals surface area contributed by atoms with Crippen LogP contribution in [0.3, 0.4) is 0 Å². The molecule has 3 heterocycles. The highest BCUT2D eigenvalue weighted by Crippen LogP contribution is 2.28. The Bertz CT molecular complexity index is 1140. The highest BCUT2D eigenvalue weighted by Gasteiger charge is 2.27. The fraction of sp³-hybridized carbons (Fsp3) is 0.250. The third-order valence-electron chi connectivity index (χ3n) is 4.89. The number of piperidine rings is 1. The number of nitrogens with zero attached hydrogens (tertiary/aromatic N) is 3. The molecule has 1 aromatic carbocycles. The van der Waals surface area contributed by atoms with Crippen molar-refractivity contribution in [1.82, 2.24) is 14.3 Å². The molecular weight excluding hydrogens is 378 g/mol. The standard InChI is InChI=1S/C20H19N3O4S/c24-20(25)16-13-19(18-6-2-3-9-21-18)22-17-8-7-14(12-15(16)17)28(26,27)23-10-4-1-5-11-23/h2-3,6-9,12-13H,1,4-5,10-11H2,(H,24,25). The van der Waals surface area contributed by atoms with Crippen molar-refractivity contribution in [1.29, 1.82) is 0 Å². The van der Waals surface area contributed by atoms with Gasteiger partial charge in [-0.1, -0.05) is 12.5 Å². The molecule has 7 nitrogen and oxygen atoms in total. The zero-order valence-corrected chi connectivity index (χ0v) is 15.9. The lowest BCUT2D eigenvalue weighted by molar-refractivity contribution is 0.0699. The molecule has 1 aliphatic rings. The Kier molecular flexibility index (Phi) is 4.82. The first kappa shape index (κ1) is 18.5. The van der Waals surface area contributed by atoms with Gasteiger partial charge >= 0.3 is 5.97 Å². The van der Waals surface area contributed by atoms with Crippen LogP contribution in [0.4, 0.5) is 0 Å². The van der Waals surface area contributed by atoms with Crippen molar-refractivity contribution in [2.24, 2.45) is 0 Å². The van der Waals surface area contributed by atoms with Crippen LogP contribution in [0, 0.1) is 0 Å². The molecule has 0 spiro atoms. The first-order chi connectivity index (χ1) is 13.5. The third kappa shape index (κ3) is 3.36. The predicted molar refractivity (Wildman–Crippen MR) is 105 cm³/mol. The Labute approximate surface area is 162 Å². The van der Waals surface area contributed by atoms with E-state index in [1.807, 2.05) is 0 Å². The van der Waals surface area contributed by atoms with Gasteiger partial charge in [-0.05, 0) is 49.2 Å². The molecule has 144 valence electrons. The molecule has 0 saturated carbocycles. The molecule has 3 aromatic rings. The molecule has 0 aliphatic carbocycles. The van der Waals surface area contributed by atoms with E-state index in [0.717, 1.165) is 19.3 Å². The van der Waals surface area contributed by atoms with Crippen LogP contribution >= 0.6 is 0 Å². The fourth-order valence-electron chi connectivity index (χ4n) is 3.44. The molecule has 1 aliphatic heterocycles. The smallest absolute Gasteiger partial charge is 0.336 e. The van der Waals surface area contributed by atoms with Crippen LogP contribution in [0.25, 0.3) is 22.3 Å². The summed E-state index contributed by atoms with van der Waals surface area (Å²) in [5, 5.41) is 9.99. The Balaban J connectivity index is 1.85. The van der Waals surface area contributed by atoms with E-state index in [9.17, 15) is 18.3 Å². The van der Waals surface area contributed by atoms with E-state index in [-0.39, 0.29) is 10.5 Å². The number of fused-ring (bicyclic) bond motifs is 1. The number of aromatic carboxylic acids is 1. The summed E-state index contributed by atoms with van der Waals surface area (Å²) in [4.78, 5) is 20.7. The zero-order chi connectivity index (χ0) is 19.7. The van der Waals surface area contributed by atoms with Gasteiger partial charge in [-0.25, -0.2) is 18.2 Å². The fourth-order valence-corrected chi connectivity index (χ4v) is 4.99. The van der Waals surface area contributed by atoms with Gasteiger partial charge in [0.15, 0.2) is 0 Å². The lowest BCUT2D eigenvalue weighted by Gasteiger charge is -2.26. The topological polar surface area (TPSA) is 100 Å². The average Bonchev–Trinajstić information content (AvgIpc) is 2.73. The summed E-state index contributed by atoms with van der Waals surface area (Å²) in [7, 11) is -3.66. The van der Waals surface area contributed by atoms with Gasteiger partial charge in [0, 0.05) is 24.7 Å². The summed E-state index contributed by atoms with van der Waals surface area (Å²) in [6.07, 6.45) is 4.30. The quantitative estimate of drug-likeness (QED) is 0.726. The van der Waals surface area contributed by atoms with Gasteiger partial charge in [0.2, 0.25) is 10.0 Å². The van der Waals surface area contributed by atoms with Crippen molar-refractivity contribution < 1.29 is 18.3 Å². The van der Waals surface area contributed by atoms with Gasteiger partial charge in [-0.3, -0.25) is 4.98 Å². The first-order valence-corrected chi connectivity index (χ1v) is 10.5. The summed E-state index contributed by atoms with van der Waals surface area (Å²) in [5.74, 6) is -1.14. The number of aromatic nitrogens is 2. The molecule has 2 aromatic heterocycles. The highest BCUT2D eigenvalue weighted by molar-refractivity contribution is 7.89. The van der Waals surface area contributed by atoms with Crippen LogP contribution in [-0.4, -0.2) is 46.9 Å². The van der Waals surface area contributed by atoms with Crippen LogP contribution < -0.4 is 0 Å². The lowest BCUT2D eigenvalue weighted by Crippen LogP contribution is -2.35. The minimum absolute atomic E-state index is 0.00125. The molecule has 0 unspecified atom stereocenters. The molecule has 1 N–H and O–H groups in total. The van der Waals surface area contributed by atoms with E-state index in [2.05, 4.69) is 9.97 Å². The second-order valence-corrected chi connectivity index (χ2v) is 8.66. The maximum Gasteiger partial charge on any atom is 0.336 e. The van der Waals surface area contributed by atoms with E-state index >= 15 is 0 Å². The molecule has 0 radical (unpaired) electrons. The normalized spacial score (nSPS) is 15.6. The SMILES string of the molecule is O=C(O)c1cc(-c2ccccn2)nc2ccc(S(=O)(=O)N3CCCCC3)cc12.